The molecular weight excluding hydrogens is 276 g/mol. The average molecular weight is 300 g/mol. The zero-order valence-corrected chi connectivity index (χ0v) is 13.3. The fourth-order valence-electron chi connectivity index (χ4n) is 3.04. The third-order valence-electron chi connectivity index (χ3n) is 4.53. The molecule has 1 fully saturated rings. The number of benzene rings is 1. The van der Waals surface area contributed by atoms with Gasteiger partial charge in [0.1, 0.15) is 5.82 Å². The van der Waals surface area contributed by atoms with Crippen molar-refractivity contribution in [2.24, 2.45) is 5.92 Å². The van der Waals surface area contributed by atoms with Gasteiger partial charge in [-0.25, -0.2) is 4.98 Å². The molecule has 2 atom stereocenters. The van der Waals surface area contributed by atoms with Crippen LogP contribution in [0.5, 0.6) is 0 Å². The van der Waals surface area contributed by atoms with Crippen LogP contribution in [0.15, 0.2) is 18.2 Å². The van der Waals surface area contributed by atoms with Gasteiger partial charge in [-0.05, 0) is 37.4 Å². The Balaban J connectivity index is 1.56. The summed E-state index contributed by atoms with van der Waals surface area (Å²) >= 11 is 0. The normalized spacial score (nSPS) is 21.9. The number of carbonyl (C=O) groups is 1. The van der Waals surface area contributed by atoms with Gasteiger partial charge >= 0.3 is 0 Å². The molecule has 118 valence electrons. The Kier molecular flexibility index (Phi) is 4.43. The number of carbonyl (C=O) groups excluding carboxylic acids is 1. The second-order valence-electron chi connectivity index (χ2n) is 6.30. The van der Waals surface area contributed by atoms with Crippen LogP contribution in [0.25, 0.3) is 11.0 Å². The van der Waals surface area contributed by atoms with Gasteiger partial charge in [-0.2, -0.15) is 0 Å². The fourth-order valence-corrected chi connectivity index (χ4v) is 3.04. The molecule has 1 aliphatic heterocycles. The lowest BCUT2D eigenvalue weighted by atomic mass is 9.95. The van der Waals surface area contributed by atoms with Gasteiger partial charge in [-0.1, -0.05) is 19.1 Å². The number of amides is 1. The van der Waals surface area contributed by atoms with Crippen molar-refractivity contribution < 1.29 is 4.79 Å². The molecule has 5 heteroatoms. The lowest BCUT2D eigenvalue weighted by Crippen LogP contribution is -2.50. The van der Waals surface area contributed by atoms with E-state index >= 15 is 0 Å². The van der Waals surface area contributed by atoms with Crippen LogP contribution in [0, 0.1) is 12.8 Å². The number of fused-ring (bicyclic) bond motifs is 1. The molecule has 0 spiro atoms. The number of nitrogens with zero attached hydrogens (tertiary/aromatic N) is 1. The lowest BCUT2D eigenvalue weighted by Gasteiger charge is -2.30. The van der Waals surface area contributed by atoms with Crippen LogP contribution in [0.2, 0.25) is 0 Å². The summed E-state index contributed by atoms with van der Waals surface area (Å²) in [5, 5.41) is 6.48. The quantitative estimate of drug-likeness (QED) is 0.808. The maximum Gasteiger partial charge on any atom is 0.220 e. The number of nitrogens with one attached hydrogen (secondary N) is 3. The van der Waals surface area contributed by atoms with Crippen molar-refractivity contribution in [2.75, 3.05) is 13.1 Å². The van der Waals surface area contributed by atoms with E-state index in [0.717, 1.165) is 41.9 Å². The van der Waals surface area contributed by atoms with E-state index in [1.807, 2.05) is 12.1 Å². The molecule has 3 rings (SSSR count). The largest absolute Gasteiger partial charge is 0.352 e. The van der Waals surface area contributed by atoms with Crippen LogP contribution in [0.4, 0.5) is 0 Å². The zero-order valence-electron chi connectivity index (χ0n) is 13.3. The number of hydrogen-bond acceptors (Lipinski definition) is 3. The minimum atomic E-state index is 0.109. The van der Waals surface area contributed by atoms with Gasteiger partial charge in [0.15, 0.2) is 0 Å². The summed E-state index contributed by atoms with van der Waals surface area (Å²) in [5.41, 5.74) is 3.20. The smallest absolute Gasteiger partial charge is 0.220 e. The van der Waals surface area contributed by atoms with Gasteiger partial charge in [0.05, 0.1) is 11.0 Å². The number of piperidine rings is 1. The maximum atomic E-state index is 12.1. The van der Waals surface area contributed by atoms with Crippen LogP contribution in [0.1, 0.15) is 31.2 Å². The molecule has 5 nitrogen and oxygen atoms in total. The Morgan fingerprint density at radius 1 is 1.45 bits per heavy atom. The number of aromatic nitrogens is 2. The summed E-state index contributed by atoms with van der Waals surface area (Å²) < 4.78 is 0. The van der Waals surface area contributed by atoms with E-state index < -0.39 is 0 Å². The van der Waals surface area contributed by atoms with Gasteiger partial charge in [-0.15, -0.1) is 0 Å². The fraction of sp³-hybridized carbons (Fsp3) is 0.529. The molecule has 2 unspecified atom stereocenters. The first-order chi connectivity index (χ1) is 10.6. The minimum absolute atomic E-state index is 0.109. The van der Waals surface area contributed by atoms with E-state index in [2.05, 4.69) is 40.5 Å². The Hall–Kier alpha value is -1.88. The Bertz CT molecular complexity index is 664. The summed E-state index contributed by atoms with van der Waals surface area (Å²) in [7, 11) is 0. The second kappa shape index (κ2) is 6.48. The maximum absolute atomic E-state index is 12.1. The first-order valence-corrected chi connectivity index (χ1v) is 8.08. The molecule has 0 saturated carbocycles. The molecule has 1 saturated heterocycles. The van der Waals surface area contributed by atoms with Gasteiger partial charge in [-0.3, -0.25) is 4.79 Å². The molecule has 0 radical (unpaired) electrons. The number of aromatic amines is 1. The van der Waals surface area contributed by atoms with Gasteiger partial charge < -0.3 is 15.6 Å². The summed E-state index contributed by atoms with van der Waals surface area (Å²) in [6.45, 7) is 6.17. The lowest BCUT2D eigenvalue weighted by molar-refractivity contribution is -0.122. The Labute approximate surface area is 130 Å². The first kappa shape index (κ1) is 15.0. The van der Waals surface area contributed by atoms with E-state index in [-0.39, 0.29) is 11.9 Å². The van der Waals surface area contributed by atoms with Crippen LogP contribution in [-0.2, 0) is 11.2 Å². The molecule has 3 N–H and O–H groups in total. The molecule has 0 aliphatic carbocycles. The number of aryl methyl sites for hydroxylation is 2. The molecule has 2 heterocycles. The van der Waals surface area contributed by atoms with Crippen molar-refractivity contribution in [2.45, 2.75) is 39.2 Å². The topological polar surface area (TPSA) is 69.8 Å². The molecule has 1 aromatic carbocycles. The second-order valence-corrected chi connectivity index (χ2v) is 6.30. The SMILES string of the molecule is Cc1cccc2[nH]c(CCC(=O)NC3CNCCC3C)nc12. The molecule has 1 amide bonds. The van der Waals surface area contributed by atoms with E-state index in [1.54, 1.807) is 0 Å². The third-order valence-corrected chi connectivity index (χ3v) is 4.53. The van der Waals surface area contributed by atoms with Crippen molar-refractivity contribution in [3.63, 3.8) is 0 Å². The predicted octanol–water partition coefficient (Wildman–Crippen LogP) is 1.92. The van der Waals surface area contributed by atoms with Gasteiger partial charge in [0.25, 0.3) is 0 Å². The summed E-state index contributed by atoms with van der Waals surface area (Å²) in [6.07, 6.45) is 2.24. The monoisotopic (exact) mass is 300 g/mol. The molecular formula is C17H24N4O. The average Bonchev–Trinajstić information content (AvgIpc) is 2.92. The number of H-pyrrole nitrogens is 1. The standard InChI is InChI=1S/C17H24N4O/c1-11-8-9-18-10-14(11)20-16(22)7-6-15-19-13-5-3-4-12(2)17(13)21-15/h3-5,11,14,18H,6-10H2,1-2H3,(H,19,21)(H,20,22). The van der Waals surface area contributed by atoms with Crippen molar-refractivity contribution in [1.82, 2.24) is 20.6 Å². The summed E-state index contributed by atoms with van der Waals surface area (Å²) in [6, 6.07) is 6.34. The highest BCUT2D eigenvalue weighted by molar-refractivity contribution is 5.79. The third kappa shape index (κ3) is 3.30. The van der Waals surface area contributed by atoms with E-state index in [9.17, 15) is 4.79 Å². The van der Waals surface area contributed by atoms with E-state index in [0.29, 0.717) is 18.8 Å². The first-order valence-electron chi connectivity index (χ1n) is 8.08. The van der Waals surface area contributed by atoms with E-state index in [4.69, 9.17) is 0 Å². The van der Waals surface area contributed by atoms with Crippen LogP contribution in [0.3, 0.4) is 0 Å². The molecule has 1 aliphatic rings. The molecule has 1 aromatic heterocycles. The van der Waals surface area contributed by atoms with Gasteiger partial charge in [0, 0.05) is 25.4 Å². The highest BCUT2D eigenvalue weighted by Crippen LogP contribution is 2.16. The molecule has 0 bridgehead atoms. The highest BCUT2D eigenvalue weighted by atomic mass is 16.1. The van der Waals surface area contributed by atoms with Crippen molar-refractivity contribution >= 4 is 16.9 Å². The molecule has 2 aromatic rings. The van der Waals surface area contributed by atoms with Crippen LogP contribution < -0.4 is 10.6 Å². The van der Waals surface area contributed by atoms with Crippen molar-refractivity contribution in [3.05, 3.63) is 29.6 Å². The predicted molar refractivity (Wildman–Crippen MR) is 87.7 cm³/mol. The Morgan fingerprint density at radius 2 is 2.32 bits per heavy atom. The Morgan fingerprint density at radius 3 is 3.09 bits per heavy atom. The number of imidazole rings is 1. The zero-order chi connectivity index (χ0) is 15.5. The van der Waals surface area contributed by atoms with Crippen LogP contribution >= 0.6 is 0 Å². The van der Waals surface area contributed by atoms with Crippen molar-refractivity contribution in [3.8, 4) is 0 Å². The van der Waals surface area contributed by atoms with Crippen molar-refractivity contribution in [1.29, 1.82) is 0 Å². The number of para-hydroxylation sites is 1. The summed E-state index contributed by atoms with van der Waals surface area (Å²) in [4.78, 5) is 20.0. The van der Waals surface area contributed by atoms with Crippen LogP contribution in [-0.4, -0.2) is 35.0 Å². The highest BCUT2D eigenvalue weighted by Gasteiger charge is 2.22. The van der Waals surface area contributed by atoms with Gasteiger partial charge in [0.2, 0.25) is 5.91 Å². The molecule has 22 heavy (non-hydrogen) atoms. The number of rotatable bonds is 4. The minimum Gasteiger partial charge on any atom is -0.352 e. The number of hydrogen-bond donors (Lipinski definition) is 3. The summed E-state index contributed by atoms with van der Waals surface area (Å²) in [5.74, 6) is 1.53. The van der Waals surface area contributed by atoms with E-state index in [1.165, 1.54) is 0 Å².